The first-order valence-corrected chi connectivity index (χ1v) is 9.66. The van der Waals surface area contributed by atoms with E-state index in [1.54, 1.807) is 38.1 Å². The third kappa shape index (κ3) is 3.15. The van der Waals surface area contributed by atoms with Crippen LogP contribution in [0.4, 0.5) is 0 Å². The van der Waals surface area contributed by atoms with Gasteiger partial charge in [-0.15, -0.1) is 0 Å². The fraction of sp³-hybridized carbons (Fsp3) is 0.588. The third-order valence-electron chi connectivity index (χ3n) is 4.76. The smallest absolute Gasteiger partial charge is 0.227 e. The van der Waals surface area contributed by atoms with E-state index >= 15 is 0 Å². The number of hydrogen-bond donors (Lipinski definition) is 0. The van der Waals surface area contributed by atoms with Crippen molar-refractivity contribution in [3.63, 3.8) is 0 Å². The minimum Gasteiger partial charge on any atom is -0.377 e. The molecule has 0 saturated carbocycles. The van der Waals surface area contributed by atoms with E-state index in [0.717, 1.165) is 18.4 Å². The molecule has 0 N–H and O–H groups in total. The number of sulfone groups is 1. The lowest BCUT2D eigenvalue weighted by molar-refractivity contribution is -0.140. The first kappa shape index (κ1) is 16.5. The van der Waals surface area contributed by atoms with Crippen molar-refractivity contribution in [3.05, 3.63) is 29.8 Å². The molecule has 2 heterocycles. The molecule has 2 saturated heterocycles. The minimum absolute atomic E-state index is 0.111. The summed E-state index contributed by atoms with van der Waals surface area (Å²) >= 11 is 0. The zero-order valence-corrected chi connectivity index (χ0v) is 14.4. The van der Waals surface area contributed by atoms with Gasteiger partial charge < -0.3 is 9.64 Å². The number of benzene rings is 1. The Morgan fingerprint density at radius 2 is 1.74 bits per heavy atom. The Balaban J connectivity index is 1.70. The molecule has 2 aliphatic rings. The van der Waals surface area contributed by atoms with E-state index < -0.39 is 15.1 Å². The summed E-state index contributed by atoms with van der Waals surface area (Å²) in [5.74, 6) is 0.111. The Kier molecular flexibility index (Phi) is 4.47. The summed E-state index contributed by atoms with van der Waals surface area (Å²) < 4.78 is 29.7. The number of rotatable bonds is 4. The lowest BCUT2D eigenvalue weighted by atomic mass is 10.1. The lowest BCUT2D eigenvalue weighted by Gasteiger charge is -2.34. The molecule has 1 aromatic carbocycles. The van der Waals surface area contributed by atoms with Gasteiger partial charge in [0.05, 0.1) is 41.9 Å². The Bertz CT molecular complexity index is 665. The maximum atomic E-state index is 12.6. The van der Waals surface area contributed by atoms with Gasteiger partial charge in [0.15, 0.2) is 9.84 Å². The molecule has 0 spiro atoms. The molecular formula is C17H23NO4S. The molecule has 0 aromatic heterocycles. The molecule has 5 nitrogen and oxygen atoms in total. The average molecular weight is 337 g/mol. The quantitative estimate of drug-likeness (QED) is 0.840. The lowest BCUT2D eigenvalue weighted by Crippen LogP contribution is -2.49. The topological polar surface area (TPSA) is 63.7 Å². The van der Waals surface area contributed by atoms with Crippen molar-refractivity contribution in [2.24, 2.45) is 0 Å². The van der Waals surface area contributed by atoms with E-state index in [4.69, 9.17) is 4.74 Å². The molecular weight excluding hydrogens is 314 g/mol. The zero-order valence-electron chi connectivity index (χ0n) is 13.6. The SMILES string of the molecule is CC(C)S(=O)(=O)c1ccc(CC(=O)N2[C@@H]3CC[C@H]2COC3)cc1. The van der Waals surface area contributed by atoms with Gasteiger partial charge in [0, 0.05) is 0 Å². The zero-order chi connectivity index (χ0) is 16.6. The second-order valence-electron chi connectivity index (χ2n) is 6.64. The van der Waals surface area contributed by atoms with Crippen molar-refractivity contribution >= 4 is 15.7 Å². The highest BCUT2D eigenvalue weighted by Gasteiger charge is 2.39. The van der Waals surface area contributed by atoms with Crippen LogP contribution in [0.15, 0.2) is 29.2 Å². The average Bonchev–Trinajstić information content (AvgIpc) is 2.77. The summed E-state index contributed by atoms with van der Waals surface area (Å²) in [5, 5.41) is -0.445. The fourth-order valence-electron chi connectivity index (χ4n) is 3.37. The largest absolute Gasteiger partial charge is 0.377 e. The van der Waals surface area contributed by atoms with Gasteiger partial charge in [0.25, 0.3) is 0 Å². The standard InChI is InChI=1S/C17H23NO4S/c1-12(2)23(20,21)16-7-3-13(4-8-16)9-17(19)18-14-5-6-15(18)11-22-10-14/h3-4,7-8,12,14-15H,5-6,9-11H2,1-2H3/t14-,15+. The van der Waals surface area contributed by atoms with Gasteiger partial charge in [0.1, 0.15) is 0 Å². The molecule has 2 atom stereocenters. The van der Waals surface area contributed by atoms with Gasteiger partial charge in [0.2, 0.25) is 5.91 Å². The maximum Gasteiger partial charge on any atom is 0.227 e. The number of amides is 1. The normalized spacial score (nSPS) is 24.2. The number of carbonyl (C=O) groups excluding carboxylic acids is 1. The van der Waals surface area contributed by atoms with Crippen LogP contribution >= 0.6 is 0 Å². The second kappa shape index (κ2) is 6.24. The Labute approximate surface area is 137 Å². The summed E-state index contributed by atoms with van der Waals surface area (Å²) in [7, 11) is -3.26. The van der Waals surface area contributed by atoms with E-state index in [1.165, 1.54) is 0 Å². The number of carbonyl (C=O) groups is 1. The third-order valence-corrected chi connectivity index (χ3v) is 6.93. The Morgan fingerprint density at radius 1 is 1.17 bits per heavy atom. The van der Waals surface area contributed by atoms with Crippen LogP contribution in [0.3, 0.4) is 0 Å². The molecule has 6 heteroatoms. The van der Waals surface area contributed by atoms with Gasteiger partial charge in [-0.2, -0.15) is 0 Å². The molecule has 3 rings (SSSR count). The fourth-order valence-corrected chi connectivity index (χ4v) is 4.43. The minimum atomic E-state index is -3.26. The van der Waals surface area contributed by atoms with Crippen LogP contribution in [0, 0.1) is 0 Å². The van der Waals surface area contributed by atoms with E-state index in [-0.39, 0.29) is 18.0 Å². The maximum absolute atomic E-state index is 12.6. The molecule has 2 aliphatic heterocycles. The molecule has 1 amide bonds. The first-order chi connectivity index (χ1) is 10.9. The summed E-state index contributed by atoms with van der Waals surface area (Å²) in [6.45, 7) is 4.60. The molecule has 0 unspecified atom stereocenters. The van der Waals surface area contributed by atoms with Crippen molar-refractivity contribution < 1.29 is 17.9 Å². The highest BCUT2D eigenvalue weighted by Crippen LogP contribution is 2.29. The first-order valence-electron chi connectivity index (χ1n) is 8.11. The van der Waals surface area contributed by atoms with Crippen molar-refractivity contribution in [3.8, 4) is 0 Å². The highest BCUT2D eigenvalue weighted by atomic mass is 32.2. The van der Waals surface area contributed by atoms with Crippen molar-refractivity contribution in [1.82, 2.24) is 4.90 Å². The summed E-state index contributed by atoms with van der Waals surface area (Å²) in [5.41, 5.74) is 0.851. The molecule has 2 fully saturated rings. The number of fused-ring (bicyclic) bond motifs is 2. The summed E-state index contributed by atoms with van der Waals surface area (Å²) in [6.07, 6.45) is 2.35. The Hall–Kier alpha value is -1.40. The van der Waals surface area contributed by atoms with Crippen LogP contribution in [0.2, 0.25) is 0 Å². The molecule has 126 valence electrons. The molecule has 1 aromatic rings. The van der Waals surface area contributed by atoms with Crippen LogP contribution < -0.4 is 0 Å². The van der Waals surface area contributed by atoms with Gasteiger partial charge in [-0.05, 0) is 44.4 Å². The number of nitrogens with zero attached hydrogens (tertiary/aromatic N) is 1. The summed E-state index contributed by atoms with van der Waals surface area (Å²) in [6, 6.07) is 7.12. The van der Waals surface area contributed by atoms with Crippen molar-refractivity contribution in [2.75, 3.05) is 13.2 Å². The van der Waals surface area contributed by atoms with E-state index in [2.05, 4.69) is 0 Å². The number of ether oxygens (including phenoxy) is 1. The van der Waals surface area contributed by atoms with Gasteiger partial charge in [-0.25, -0.2) is 8.42 Å². The van der Waals surface area contributed by atoms with Crippen LogP contribution in [-0.4, -0.2) is 49.8 Å². The Morgan fingerprint density at radius 3 is 2.26 bits per heavy atom. The number of morpholine rings is 1. The second-order valence-corrected chi connectivity index (χ2v) is 9.14. The van der Waals surface area contributed by atoms with E-state index in [0.29, 0.717) is 24.5 Å². The number of hydrogen-bond acceptors (Lipinski definition) is 4. The van der Waals surface area contributed by atoms with Crippen LogP contribution in [0.1, 0.15) is 32.3 Å². The van der Waals surface area contributed by atoms with Crippen molar-refractivity contribution in [2.45, 2.75) is 55.3 Å². The van der Waals surface area contributed by atoms with Gasteiger partial charge >= 0.3 is 0 Å². The van der Waals surface area contributed by atoms with Gasteiger partial charge in [-0.1, -0.05) is 12.1 Å². The molecule has 23 heavy (non-hydrogen) atoms. The van der Waals surface area contributed by atoms with E-state index in [9.17, 15) is 13.2 Å². The van der Waals surface area contributed by atoms with Gasteiger partial charge in [-0.3, -0.25) is 4.79 Å². The molecule has 0 radical (unpaired) electrons. The monoisotopic (exact) mass is 337 g/mol. The molecule has 0 aliphatic carbocycles. The predicted molar refractivity (Wildman–Crippen MR) is 86.9 cm³/mol. The summed E-state index contributed by atoms with van der Waals surface area (Å²) in [4.78, 5) is 14.9. The van der Waals surface area contributed by atoms with Crippen LogP contribution in [0.5, 0.6) is 0 Å². The van der Waals surface area contributed by atoms with E-state index in [1.807, 2.05) is 4.90 Å². The van der Waals surface area contributed by atoms with Crippen LogP contribution in [0.25, 0.3) is 0 Å². The van der Waals surface area contributed by atoms with Crippen LogP contribution in [-0.2, 0) is 25.8 Å². The highest BCUT2D eigenvalue weighted by molar-refractivity contribution is 7.92. The molecule has 2 bridgehead atoms. The predicted octanol–water partition coefficient (Wildman–Crippen LogP) is 1.80. The van der Waals surface area contributed by atoms with Crippen molar-refractivity contribution in [1.29, 1.82) is 0 Å².